The molecule has 80 valence electrons. The minimum Gasteiger partial charge on any atom is -0.186 e. The first-order chi connectivity index (χ1) is 6.60. The van der Waals surface area contributed by atoms with Crippen LogP contribution in [-0.2, 0) is 20.9 Å². The fourth-order valence-electron chi connectivity index (χ4n) is 1.05. The number of allylic oxidation sites excluding steroid dienone is 2. The van der Waals surface area contributed by atoms with Gasteiger partial charge in [0, 0.05) is 13.1 Å². The molecule has 0 unspecified atom stereocenters. The maximum atomic E-state index is 11.6. The average molecular weight is 234 g/mol. The minimum absolute atomic E-state index is 0.465. The monoisotopic (exact) mass is 234 g/mol. The largest absolute Gasteiger partial charge is 0.328 e. The highest BCUT2D eigenvalue weighted by Gasteiger charge is 2.17. The molecule has 0 N–H and O–H groups in total. The second-order valence-electron chi connectivity index (χ2n) is 2.64. The highest BCUT2D eigenvalue weighted by molar-refractivity contribution is 8.02. The van der Waals surface area contributed by atoms with Crippen LogP contribution in [0.3, 0.4) is 0 Å². The van der Waals surface area contributed by atoms with Crippen LogP contribution in [0.5, 0.6) is 0 Å². The summed E-state index contributed by atoms with van der Waals surface area (Å²) in [5.74, 6) is 0. The first-order valence-corrected chi connectivity index (χ1v) is 7.10. The molecule has 0 aromatic carbocycles. The minimum atomic E-state index is -3.44. The van der Waals surface area contributed by atoms with Crippen LogP contribution in [0.15, 0.2) is 26.7 Å². The van der Waals surface area contributed by atoms with E-state index < -0.39 is 20.9 Å². The predicted molar refractivity (Wildman–Crippen MR) is 59.9 cm³/mol. The summed E-state index contributed by atoms with van der Waals surface area (Å²) in [6, 6.07) is 0. The van der Waals surface area contributed by atoms with Crippen LogP contribution in [0.4, 0.5) is 0 Å². The third kappa shape index (κ3) is 2.76. The van der Waals surface area contributed by atoms with Crippen LogP contribution in [0.2, 0.25) is 0 Å². The lowest BCUT2D eigenvalue weighted by molar-refractivity contribution is 0.447. The molecule has 4 nitrogen and oxygen atoms in total. The Morgan fingerprint density at radius 2 is 1.71 bits per heavy atom. The van der Waals surface area contributed by atoms with Gasteiger partial charge in [-0.25, -0.2) is 0 Å². The first kappa shape index (κ1) is 11.6. The van der Waals surface area contributed by atoms with Crippen molar-refractivity contribution in [3.63, 3.8) is 0 Å². The molecule has 14 heavy (non-hydrogen) atoms. The molecule has 6 heteroatoms. The van der Waals surface area contributed by atoms with E-state index in [0.29, 0.717) is 13.1 Å². The van der Waals surface area contributed by atoms with Gasteiger partial charge in [0.15, 0.2) is 0 Å². The Bertz CT molecular complexity index is 364. The highest BCUT2D eigenvalue weighted by atomic mass is 32.3. The molecule has 0 spiro atoms. The molecule has 1 heterocycles. The zero-order valence-electron chi connectivity index (χ0n) is 8.25. The summed E-state index contributed by atoms with van der Waals surface area (Å²) in [6.07, 6.45) is 3.62. The fourth-order valence-corrected chi connectivity index (χ4v) is 3.94. The van der Waals surface area contributed by atoms with Crippen LogP contribution in [0.25, 0.3) is 0 Å². The maximum absolute atomic E-state index is 11.6. The van der Waals surface area contributed by atoms with E-state index in [1.165, 1.54) is 4.31 Å². The van der Waals surface area contributed by atoms with Gasteiger partial charge in [-0.1, -0.05) is 26.0 Å². The van der Waals surface area contributed by atoms with Crippen molar-refractivity contribution in [1.82, 2.24) is 4.31 Å². The lowest BCUT2D eigenvalue weighted by Crippen LogP contribution is -2.28. The van der Waals surface area contributed by atoms with Gasteiger partial charge in [0.1, 0.15) is 0 Å². The summed E-state index contributed by atoms with van der Waals surface area (Å²) in [4.78, 5) is 0. The van der Waals surface area contributed by atoms with Gasteiger partial charge < -0.3 is 0 Å². The number of nitrogens with zero attached hydrogens (tertiary/aromatic N) is 2. The molecule has 0 radical (unpaired) electrons. The summed E-state index contributed by atoms with van der Waals surface area (Å²) in [5, 5.41) is 3.56. The van der Waals surface area contributed by atoms with Crippen LogP contribution in [-0.4, -0.2) is 25.8 Å². The van der Waals surface area contributed by atoms with E-state index in [1.54, 1.807) is 24.7 Å². The smallest absolute Gasteiger partial charge is 0.186 e. The van der Waals surface area contributed by atoms with E-state index in [2.05, 4.69) is 3.77 Å². The Balaban J connectivity index is 2.91. The molecule has 0 aromatic heterocycles. The van der Waals surface area contributed by atoms with E-state index in [-0.39, 0.29) is 0 Å². The van der Waals surface area contributed by atoms with E-state index in [0.717, 1.165) is 0 Å². The molecule has 0 saturated carbocycles. The van der Waals surface area contributed by atoms with Gasteiger partial charge in [-0.05, 0) is 21.5 Å². The topological polar surface area (TPSA) is 49.7 Å². The zero-order chi connectivity index (χ0) is 10.6. The summed E-state index contributed by atoms with van der Waals surface area (Å²) in [7, 11) is -4.02. The summed E-state index contributed by atoms with van der Waals surface area (Å²) in [6.45, 7) is 4.54. The zero-order valence-corrected chi connectivity index (χ0v) is 9.88. The normalized spacial score (nSPS) is 16.8. The average Bonchev–Trinajstić information content (AvgIpc) is 2.57. The van der Waals surface area contributed by atoms with Gasteiger partial charge in [0.25, 0.3) is 0 Å². The molecule has 1 rings (SSSR count). The first-order valence-electron chi connectivity index (χ1n) is 4.40. The number of hydrogen-bond donors (Lipinski definition) is 0. The van der Waals surface area contributed by atoms with Crippen LogP contribution in [0.1, 0.15) is 13.8 Å². The fraction of sp³-hybridized carbons (Fsp3) is 0.500. The molecule has 0 atom stereocenters. The molecule has 0 saturated heterocycles. The van der Waals surface area contributed by atoms with Gasteiger partial charge >= 0.3 is 10.2 Å². The van der Waals surface area contributed by atoms with E-state index >= 15 is 0 Å². The lowest BCUT2D eigenvalue weighted by atomic mass is 10.6. The third-order valence-corrected chi connectivity index (χ3v) is 5.24. The van der Waals surface area contributed by atoms with Crippen molar-refractivity contribution in [1.29, 1.82) is 0 Å². The molecular weight excluding hydrogens is 220 g/mol. The Morgan fingerprint density at radius 1 is 1.21 bits per heavy atom. The Morgan fingerprint density at radius 3 is 2.14 bits per heavy atom. The molecule has 0 aromatic rings. The van der Waals surface area contributed by atoms with Crippen molar-refractivity contribution in [3.8, 4) is 0 Å². The Labute approximate surface area is 87.6 Å². The summed E-state index contributed by atoms with van der Waals surface area (Å²) in [5.41, 5.74) is 0. The van der Waals surface area contributed by atoms with Crippen LogP contribution < -0.4 is 0 Å². The quantitative estimate of drug-likeness (QED) is 0.738. The second-order valence-corrected chi connectivity index (χ2v) is 5.89. The van der Waals surface area contributed by atoms with Crippen molar-refractivity contribution in [3.05, 3.63) is 23.0 Å². The highest BCUT2D eigenvalue weighted by Crippen LogP contribution is 2.09. The molecule has 0 amide bonds. The Hall–Kier alpha value is -0.460. The van der Waals surface area contributed by atoms with Crippen molar-refractivity contribution >= 4 is 20.9 Å². The number of hydrogen-bond acceptors (Lipinski definition) is 2. The standard InChI is InChI=1S/C8H14N2O2S2/c1-3-10(4-2)14(11,12)9-13-7-5-6-8-13/h5-8H,3-4H2,1-2H3. The predicted octanol–water partition coefficient (Wildman–Crippen LogP) is 1.42. The van der Waals surface area contributed by atoms with E-state index in [4.69, 9.17) is 0 Å². The molecule has 0 bridgehead atoms. The Kier molecular flexibility index (Phi) is 4.03. The van der Waals surface area contributed by atoms with Crippen LogP contribution in [0, 0.1) is 0 Å². The second kappa shape index (κ2) is 4.86. The lowest BCUT2D eigenvalue weighted by Gasteiger charge is -2.14. The van der Waals surface area contributed by atoms with E-state index in [9.17, 15) is 8.42 Å². The molecule has 1 aliphatic heterocycles. The van der Waals surface area contributed by atoms with Gasteiger partial charge in [-0.2, -0.15) is 12.7 Å². The third-order valence-electron chi connectivity index (χ3n) is 1.76. The number of rotatable bonds is 4. The van der Waals surface area contributed by atoms with Crippen molar-refractivity contribution in [2.75, 3.05) is 13.1 Å². The van der Waals surface area contributed by atoms with Gasteiger partial charge in [-0.3, -0.25) is 0 Å². The molecule has 0 aliphatic carbocycles. The van der Waals surface area contributed by atoms with Gasteiger partial charge in [0.2, 0.25) is 0 Å². The van der Waals surface area contributed by atoms with Crippen molar-refractivity contribution < 1.29 is 8.42 Å². The van der Waals surface area contributed by atoms with E-state index in [1.807, 2.05) is 12.2 Å². The summed E-state index contributed by atoms with van der Waals surface area (Å²) < 4.78 is 28.4. The van der Waals surface area contributed by atoms with Gasteiger partial charge in [-0.15, -0.1) is 3.77 Å². The van der Waals surface area contributed by atoms with Crippen molar-refractivity contribution in [2.24, 2.45) is 3.77 Å². The SMILES string of the molecule is CCN(CC)S(=O)(=O)N=S1C=CC=C1. The summed E-state index contributed by atoms with van der Waals surface area (Å²) >= 11 is 0. The molecular formula is C8H14N2O2S2. The van der Waals surface area contributed by atoms with Crippen LogP contribution >= 0.6 is 0 Å². The molecule has 0 fully saturated rings. The van der Waals surface area contributed by atoms with Gasteiger partial charge in [0.05, 0.1) is 0 Å². The maximum Gasteiger partial charge on any atom is 0.328 e. The van der Waals surface area contributed by atoms with Crippen molar-refractivity contribution in [2.45, 2.75) is 13.8 Å². The molecule has 1 aliphatic rings.